The highest BCUT2D eigenvalue weighted by atomic mass is 32.2. The fourth-order valence-corrected chi connectivity index (χ4v) is 7.36. The number of thioether (sulfide) groups is 1. The molecular formula is C31H53N5O6S. The van der Waals surface area contributed by atoms with Crippen molar-refractivity contribution in [2.45, 2.75) is 134 Å². The van der Waals surface area contributed by atoms with Crippen LogP contribution in [0.25, 0.3) is 0 Å². The number of Topliss-reactive ketones (excluding diaryl/α,β-unsaturated/α-hetero) is 1. The Bertz CT molecular complexity index is 1020. The van der Waals surface area contributed by atoms with Crippen LogP contribution in [0.2, 0.25) is 0 Å². The van der Waals surface area contributed by atoms with Crippen LogP contribution in [0.15, 0.2) is 0 Å². The lowest BCUT2D eigenvalue weighted by Gasteiger charge is -2.27. The Morgan fingerprint density at radius 1 is 0.860 bits per heavy atom. The normalized spacial score (nSPS) is 26.4. The Morgan fingerprint density at radius 3 is 1.95 bits per heavy atom. The van der Waals surface area contributed by atoms with Crippen LogP contribution < -0.4 is 26.6 Å². The first-order chi connectivity index (χ1) is 20.2. The molecule has 11 nitrogen and oxygen atoms in total. The van der Waals surface area contributed by atoms with Gasteiger partial charge in [-0.2, -0.15) is 11.8 Å². The minimum absolute atomic E-state index is 0.103. The first-order valence-corrected chi connectivity index (χ1v) is 17.0. The van der Waals surface area contributed by atoms with Crippen molar-refractivity contribution in [2.24, 2.45) is 17.8 Å². The van der Waals surface area contributed by atoms with Gasteiger partial charge in [-0.25, -0.2) is 4.79 Å². The molecule has 3 fully saturated rings. The van der Waals surface area contributed by atoms with Gasteiger partial charge in [0, 0.05) is 17.4 Å². The molecule has 3 aliphatic rings. The van der Waals surface area contributed by atoms with Crippen LogP contribution in [0.4, 0.5) is 4.79 Å². The van der Waals surface area contributed by atoms with Gasteiger partial charge in [0.05, 0.1) is 24.7 Å². The molecule has 43 heavy (non-hydrogen) atoms. The van der Waals surface area contributed by atoms with Crippen LogP contribution in [-0.2, 0) is 23.9 Å². The van der Waals surface area contributed by atoms with E-state index >= 15 is 0 Å². The number of ketones is 1. The molecule has 0 bridgehead atoms. The second-order valence-corrected chi connectivity index (χ2v) is 15.2. The molecule has 3 rings (SSSR count). The van der Waals surface area contributed by atoms with Gasteiger partial charge in [-0.3, -0.25) is 19.2 Å². The summed E-state index contributed by atoms with van der Waals surface area (Å²) in [4.78, 5) is 64.5. The average molecular weight is 624 g/mol. The zero-order valence-electron chi connectivity index (χ0n) is 26.9. The molecule has 7 atom stereocenters. The molecule has 3 heterocycles. The van der Waals surface area contributed by atoms with Gasteiger partial charge in [-0.15, -0.1) is 0 Å². The molecule has 7 unspecified atom stereocenters. The van der Waals surface area contributed by atoms with E-state index in [0.29, 0.717) is 44.0 Å². The molecule has 244 valence electrons. The van der Waals surface area contributed by atoms with E-state index in [2.05, 4.69) is 26.6 Å². The van der Waals surface area contributed by atoms with Gasteiger partial charge >= 0.3 is 6.03 Å². The van der Waals surface area contributed by atoms with Crippen LogP contribution in [-0.4, -0.2) is 83.0 Å². The van der Waals surface area contributed by atoms with E-state index in [-0.39, 0.29) is 47.6 Å². The van der Waals surface area contributed by atoms with E-state index in [1.165, 1.54) is 0 Å². The Kier molecular flexibility index (Phi) is 12.7. The van der Waals surface area contributed by atoms with Crippen molar-refractivity contribution in [1.29, 1.82) is 0 Å². The molecule has 12 heteroatoms. The van der Waals surface area contributed by atoms with Crippen LogP contribution >= 0.6 is 11.8 Å². The summed E-state index contributed by atoms with van der Waals surface area (Å²) in [6.07, 6.45) is 4.05. The quantitative estimate of drug-likeness (QED) is 0.0892. The lowest BCUT2D eigenvalue weighted by atomic mass is 9.92. The number of nitrogens with one attached hydrogen (secondary N) is 5. The van der Waals surface area contributed by atoms with Crippen molar-refractivity contribution < 1.29 is 28.7 Å². The molecule has 0 aromatic heterocycles. The highest BCUT2D eigenvalue weighted by Gasteiger charge is 2.50. The molecule has 0 aromatic carbocycles. The Balaban J connectivity index is 1.54. The van der Waals surface area contributed by atoms with E-state index in [4.69, 9.17) is 4.74 Å². The first kappa shape index (κ1) is 35.1. The topological polar surface area (TPSA) is 158 Å². The number of rotatable bonds is 18. The van der Waals surface area contributed by atoms with Gasteiger partial charge in [0.25, 0.3) is 0 Å². The lowest BCUT2D eigenvalue weighted by Crippen LogP contribution is -2.57. The van der Waals surface area contributed by atoms with Crippen molar-refractivity contribution in [3.8, 4) is 0 Å². The minimum Gasteiger partial charge on any atom is -0.361 e. The summed E-state index contributed by atoms with van der Waals surface area (Å²) in [5.41, 5.74) is -0.863. The van der Waals surface area contributed by atoms with Crippen LogP contribution in [0.5, 0.6) is 0 Å². The average Bonchev–Trinajstić information content (AvgIpc) is 3.39. The molecular weight excluding hydrogens is 570 g/mol. The summed E-state index contributed by atoms with van der Waals surface area (Å²) >= 11 is 1.85. The maximum absolute atomic E-state index is 13.5. The maximum Gasteiger partial charge on any atom is 0.315 e. The van der Waals surface area contributed by atoms with E-state index in [9.17, 15) is 24.0 Å². The molecule has 0 radical (unpaired) electrons. The van der Waals surface area contributed by atoms with Crippen molar-refractivity contribution in [2.75, 3.05) is 12.4 Å². The molecule has 0 aliphatic carbocycles. The van der Waals surface area contributed by atoms with Gasteiger partial charge in [0.1, 0.15) is 17.7 Å². The number of carbonyl (C=O) groups excluding carboxylic acids is 5. The summed E-state index contributed by atoms with van der Waals surface area (Å²) in [5.74, 6) is 0.186. The third-order valence-corrected chi connectivity index (χ3v) is 9.73. The Morgan fingerprint density at radius 2 is 1.40 bits per heavy atom. The summed E-state index contributed by atoms with van der Waals surface area (Å²) in [5, 5.41) is 15.0. The number of hydrogen-bond donors (Lipinski definition) is 5. The largest absolute Gasteiger partial charge is 0.361 e. The fourth-order valence-electron chi connectivity index (χ4n) is 5.81. The molecule has 0 saturated carbocycles. The molecule has 3 aliphatic heterocycles. The number of unbranched alkanes of at least 4 members (excludes halogenated alkanes) is 1. The second kappa shape index (κ2) is 15.6. The maximum atomic E-state index is 13.5. The van der Waals surface area contributed by atoms with Gasteiger partial charge in [0.2, 0.25) is 17.7 Å². The third kappa shape index (κ3) is 10.7. The molecule has 0 spiro atoms. The summed E-state index contributed by atoms with van der Waals surface area (Å²) in [7, 11) is 0. The number of urea groups is 1. The predicted octanol–water partition coefficient (Wildman–Crippen LogP) is 2.66. The molecule has 5 N–H and O–H groups in total. The third-order valence-electron chi connectivity index (χ3n) is 8.22. The first-order valence-electron chi connectivity index (χ1n) is 16.0. The van der Waals surface area contributed by atoms with Crippen LogP contribution in [0.1, 0.15) is 93.4 Å². The Hall–Kier alpha value is -2.34. The lowest BCUT2D eigenvalue weighted by molar-refractivity contribution is -0.134. The van der Waals surface area contributed by atoms with Crippen molar-refractivity contribution in [1.82, 2.24) is 26.6 Å². The standard InChI is InChI=1S/C31H53N5O6S/c1-17(2)12-20(27(38)31(7)16-42-31)33-29(40)22(14-19(5)6)34-28(39)21(13-18(3)4)32-25(37)11-9-8-10-24-26-23(15-43-24)35-30(41)36-26/h17-24,26H,8-16H2,1-7H3,(H,32,37)(H,33,40)(H,34,39)(H2,35,36,41). The predicted molar refractivity (Wildman–Crippen MR) is 167 cm³/mol. The number of carbonyl (C=O) groups is 5. The summed E-state index contributed by atoms with van der Waals surface area (Å²) < 4.78 is 5.35. The smallest absolute Gasteiger partial charge is 0.315 e. The van der Waals surface area contributed by atoms with E-state index in [1.807, 2.05) is 53.3 Å². The van der Waals surface area contributed by atoms with Gasteiger partial charge in [0.15, 0.2) is 5.78 Å². The SMILES string of the molecule is CC(C)CC(NC(=O)CCCCC1SCC2NC(=O)NC21)C(=O)NC(CC(C)C)C(=O)NC(CC(C)C)C(=O)C1(C)CO1. The number of hydrogen-bond acceptors (Lipinski definition) is 7. The zero-order chi connectivity index (χ0) is 31.9. The fraction of sp³-hybridized carbons (Fsp3) is 0.839. The van der Waals surface area contributed by atoms with Crippen molar-refractivity contribution >= 4 is 41.3 Å². The second-order valence-electron chi connectivity index (χ2n) is 13.9. The van der Waals surface area contributed by atoms with Crippen molar-refractivity contribution in [3.63, 3.8) is 0 Å². The highest BCUT2D eigenvalue weighted by Crippen LogP contribution is 2.33. The van der Waals surface area contributed by atoms with Gasteiger partial charge in [-0.05, 0) is 56.8 Å². The Labute approximate surface area is 260 Å². The molecule has 3 saturated heterocycles. The van der Waals surface area contributed by atoms with E-state index < -0.39 is 35.5 Å². The van der Waals surface area contributed by atoms with Gasteiger partial charge in [-0.1, -0.05) is 48.0 Å². The van der Waals surface area contributed by atoms with E-state index in [1.54, 1.807) is 6.92 Å². The summed E-state index contributed by atoms with van der Waals surface area (Å²) in [6, 6.07) is -2.09. The van der Waals surface area contributed by atoms with Crippen molar-refractivity contribution in [3.05, 3.63) is 0 Å². The monoisotopic (exact) mass is 623 g/mol. The number of ether oxygens (including phenoxy) is 1. The minimum atomic E-state index is -0.863. The zero-order valence-corrected chi connectivity index (χ0v) is 27.7. The number of amides is 5. The van der Waals surface area contributed by atoms with Gasteiger partial charge < -0.3 is 31.3 Å². The number of fused-ring (bicyclic) bond motifs is 1. The number of epoxide rings is 1. The van der Waals surface area contributed by atoms with E-state index in [0.717, 1.165) is 18.6 Å². The highest BCUT2D eigenvalue weighted by molar-refractivity contribution is 8.00. The molecule has 0 aromatic rings. The van der Waals surface area contributed by atoms with Crippen LogP contribution in [0.3, 0.4) is 0 Å². The van der Waals surface area contributed by atoms with Crippen LogP contribution in [0, 0.1) is 17.8 Å². The summed E-state index contributed by atoms with van der Waals surface area (Å²) in [6.45, 7) is 14.0. The molecule has 5 amide bonds.